The van der Waals surface area contributed by atoms with Gasteiger partial charge in [0.25, 0.3) is 0 Å². The van der Waals surface area contributed by atoms with Crippen LogP contribution in [0.15, 0.2) is 34.9 Å². The van der Waals surface area contributed by atoms with Crippen LogP contribution in [0, 0.1) is 16.0 Å². The van der Waals surface area contributed by atoms with E-state index in [0.29, 0.717) is 23.4 Å². The van der Waals surface area contributed by atoms with Crippen LogP contribution in [0.2, 0.25) is 0 Å². The molecule has 10 nitrogen and oxygen atoms in total. The highest BCUT2D eigenvalue weighted by Crippen LogP contribution is 2.39. The van der Waals surface area contributed by atoms with Crippen LogP contribution < -0.4 is 10.6 Å². The van der Waals surface area contributed by atoms with Crippen molar-refractivity contribution in [2.24, 2.45) is 5.41 Å². The average molecular weight is 558 g/mol. The summed E-state index contributed by atoms with van der Waals surface area (Å²) >= 11 is 2.19. The number of amides is 1. The highest BCUT2D eigenvalue weighted by molar-refractivity contribution is 14.1. The molecule has 1 aliphatic carbocycles. The van der Waals surface area contributed by atoms with E-state index in [0.717, 1.165) is 39.6 Å². The number of nitrogens with zero attached hydrogens (tertiary/aromatic N) is 6. The van der Waals surface area contributed by atoms with Gasteiger partial charge < -0.3 is 15.1 Å². The van der Waals surface area contributed by atoms with Crippen molar-refractivity contribution in [1.29, 1.82) is 0 Å². The first-order valence-corrected chi connectivity index (χ1v) is 11.7. The van der Waals surface area contributed by atoms with Crippen LogP contribution in [-0.4, -0.2) is 48.9 Å². The van der Waals surface area contributed by atoms with Crippen molar-refractivity contribution in [2.75, 3.05) is 12.4 Å². The molecule has 5 rings (SSSR count). The van der Waals surface area contributed by atoms with Crippen molar-refractivity contribution < 1.29 is 9.21 Å². The zero-order valence-corrected chi connectivity index (χ0v) is 20.6. The molecule has 4 aromatic rings. The molecule has 11 heteroatoms. The maximum absolute atomic E-state index is 12.2. The number of rotatable bonds is 5. The summed E-state index contributed by atoms with van der Waals surface area (Å²) < 4.78 is 8.13. The van der Waals surface area contributed by atoms with Crippen LogP contribution in [0.4, 0.5) is 5.95 Å². The molecule has 0 aliphatic heterocycles. The van der Waals surface area contributed by atoms with E-state index in [2.05, 4.69) is 53.5 Å². The minimum absolute atomic E-state index is 0.0786. The summed E-state index contributed by atoms with van der Waals surface area (Å²) in [6, 6.07) is 7.86. The van der Waals surface area contributed by atoms with Gasteiger partial charge in [-0.3, -0.25) is 4.79 Å². The molecule has 1 fully saturated rings. The molecule has 3 heterocycles. The van der Waals surface area contributed by atoms with Gasteiger partial charge in [0.1, 0.15) is 3.70 Å². The van der Waals surface area contributed by atoms with Crippen LogP contribution in [-0.2, 0) is 4.79 Å². The normalized spacial score (nSPS) is 20.3. The van der Waals surface area contributed by atoms with E-state index in [-0.39, 0.29) is 17.4 Å². The number of aryl methyl sites for hydroxylation is 1. The number of carbonyl (C=O) groups is 1. The maximum atomic E-state index is 12.2. The number of fused-ring (bicyclic) bond motifs is 1. The largest absolute Gasteiger partial charge is 0.421 e. The van der Waals surface area contributed by atoms with Crippen molar-refractivity contribution in [3.63, 3.8) is 0 Å². The summed E-state index contributed by atoms with van der Waals surface area (Å²) in [5, 5.41) is 19.7. The molecule has 3 aromatic heterocycles. The number of anilines is 1. The first kappa shape index (κ1) is 21.7. The third kappa shape index (κ3) is 4.05. The molecule has 2 N–H and O–H groups in total. The van der Waals surface area contributed by atoms with Crippen molar-refractivity contribution in [2.45, 2.75) is 39.2 Å². The standard InChI is InChI=1S/C22H23IN8O2/c1-12-28-29-19(33-12)13-4-6-15(7-5-13)31-18-16(17(23)30-31)11-25-21(27-18)26-14-8-9-22(2,10-14)20(32)24-3/h4-7,11,14H,8-10H2,1-3H3,(H,24,32)(H,25,26,27)/t14-,22-/m1/s1. The third-order valence-corrected chi connectivity index (χ3v) is 6.91. The quantitative estimate of drug-likeness (QED) is 0.357. The monoisotopic (exact) mass is 558 g/mol. The van der Waals surface area contributed by atoms with Crippen LogP contribution in [0.3, 0.4) is 0 Å². The lowest BCUT2D eigenvalue weighted by Crippen LogP contribution is -2.35. The van der Waals surface area contributed by atoms with Crippen molar-refractivity contribution in [3.8, 4) is 17.1 Å². The minimum atomic E-state index is -0.369. The highest BCUT2D eigenvalue weighted by atomic mass is 127. The lowest BCUT2D eigenvalue weighted by Gasteiger charge is -2.22. The van der Waals surface area contributed by atoms with Crippen LogP contribution in [0.25, 0.3) is 28.2 Å². The predicted molar refractivity (Wildman–Crippen MR) is 131 cm³/mol. The summed E-state index contributed by atoms with van der Waals surface area (Å²) in [5.74, 6) is 1.61. The fourth-order valence-corrected chi connectivity index (χ4v) is 4.93. The highest BCUT2D eigenvalue weighted by Gasteiger charge is 2.40. The molecule has 170 valence electrons. The number of hydrogen-bond donors (Lipinski definition) is 2. The van der Waals surface area contributed by atoms with Crippen molar-refractivity contribution >= 4 is 45.5 Å². The molecule has 0 radical (unpaired) electrons. The van der Waals surface area contributed by atoms with E-state index < -0.39 is 0 Å². The Bertz CT molecular complexity index is 1330. The topological polar surface area (TPSA) is 124 Å². The van der Waals surface area contributed by atoms with E-state index in [4.69, 9.17) is 9.40 Å². The Morgan fingerprint density at radius 3 is 2.76 bits per heavy atom. The summed E-state index contributed by atoms with van der Waals surface area (Å²) in [7, 11) is 1.68. The molecule has 0 bridgehead atoms. The number of hydrogen-bond acceptors (Lipinski definition) is 8. The third-order valence-electron chi connectivity index (χ3n) is 6.11. The summed E-state index contributed by atoms with van der Waals surface area (Å²) in [6.07, 6.45) is 4.24. The first-order chi connectivity index (χ1) is 15.9. The second-order valence-electron chi connectivity index (χ2n) is 8.53. The maximum Gasteiger partial charge on any atom is 0.247 e. The molecule has 0 unspecified atom stereocenters. The summed E-state index contributed by atoms with van der Waals surface area (Å²) in [4.78, 5) is 21.5. The fourth-order valence-electron chi connectivity index (χ4n) is 4.33. The molecule has 0 spiro atoms. The summed E-state index contributed by atoms with van der Waals surface area (Å²) in [6.45, 7) is 3.77. The SMILES string of the molecule is CNC(=O)[C@]1(C)CC[C@@H](Nc2ncc3c(I)nn(-c4ccc(-c5nnc(C)o5)cc4)c3n2)C1. The molecule has 1 aliphatic rings. The van der Waals surface area contributed by atoms with Crippen LogP contribution in [0.1, 0.15) is 32.1 Å². The molecule has 1 aromatic carbocycles. The van der Waals surface area contributed by atoms with Gasteiger partial charge in [-0.05, 0) is 66.1 Å². The lowest BCUT2D eigenvalue weighted by molar-refractivity contribution is -0.129. The Labute approximate surface area is 203 Å². The van der Waals surface area contributed by atoms with Gasteiger partial charge in [0, 0.05) is 37.2 Å². The Morgan fingerprint density at radius 2 is 2.06 bits per heavy atom. The van der Waals surface area contributed by atoms with Gasteiger partial charge in [0.05, 0.1) is 11.1 Å². The second kappa shape index (κ2) is 8.36. The smallest absolute Gasteiger partial charge is 0.247 e. The van der Waals surface area contributed by atoms with Gasteiger partial charge in [-0.25, -0.2) is 9.67 Å². The zero-order chi connectivity index (χ0) is 23.2. The van der Waals surface area contributed by atoms with Gasteiger partial charge in [-0.1, -0.05) is 6.92 Å². The Kier molecular flexibility index (Phi) is 5.51. The Balaban J connectivity index is 1.42. The molecule has 1 amide bonds. The summed E-state index contributed by atoms with van der Waals surface area (Å²) in [5.41, 5.74) is 2.04. The molecule has 2 atom stereocenters. The number of halogens is 1. The van der Waals surface area contributed by atoms with E-state index in [1.807, 2.05) is 31.2 Å². The van der Waals surface area contributed by atoms with Gasteiger partial charge in [-0.15, -0.1) is 10.2 Å². The molecule has 0 saturated heterocycles. The lowest BCUT2D eigenvalue weighted by atomic mass is 9.87. The predicted octanol–water partition coefficient (Wildman–Crippen LogP) is 3.50. The van der Waals surface area contributed by atoms with E-state index in [1.165, 1.54) is 0 Å². The fraction of sp³-hybridized carbons (Fsp3) is 0.364. The van der Waals surface area contributed by atoms with Gasteiger partial charge in [-0.2, -0.15) is 10.1 Å². The number of benzene rings is 1. The number of aromatic nitrogens is 6. The van der Waals surface area contributed by atoms with Gasteiger partial charge in [0.2, 0.25) is 23.6 Å². The number of carbonyl (C=O) groups excluding carboxylic acids is 1. The van der Waals surface area contributed by atoms with E-state index in [1.54, 1.807) is 24.9 Å². The molecular formula is C22H23IN8O2. The molecule has 1 saturated carbocycles. The van der Waals surface area contributed by atoms with Crippen LogP contribution >= 0.6 is 22.6 Å². The molecular weight excluding hydrogens is 535 g/mol. The van der Waals surface area contributed by atoms with Crippen molar-refractivity contribution in [1.82, 2.24) is 35.3 Å². The van der Waals surface area contributed by atoms with Gasteiger partial charge >= 0.3 is 0 Å². The average Bonchev–Trinajstić information content (AvgIpc) is 3.51. The number of nitrogens with one attached hydrogen (secondary N) is 2. The Morgan fingerprint density at radius 1 is 1.27 bits per heavy atom. The van der Waals surface area contributed by atoms with Crippen LogP contribution in [0.5, 0.6) is 0 Å². The minimum Gasteiger partial charge on any atom is -0.421 e. The van der Waals surface area contributed by atoms with E-state index in [9.17, 15) is 4.79 Å². The zero-order valence-electron chi connectivity index (χ0n) is 18.5. The van der Waals surface area contributed by atoms with Gasteiger partial charge in [0.15, 0.2) is 5.65 Å². The molecule has 33 heavy (non-hydrogen) atoms. The second-order valence-corrected chi connectivity index (χ2v) is 9.55. The van der Waals surface area contributed by atoms with Crippen molar-refractivity contribution in [3.05, 3.63) is 40.1 Å². The Hall–Kier alpha value is -3.09. The van der Waals surface area contributed by atoms with E-state index >= 15 is 0 Å². The first-order valence-electron chi connectivity index (χ1n) is 10.7.